The summed E-state index contributed by atoms with van der Waals surface area (Å²) in [6, 6.07) is -0.268. The maximum atomic E-state index is 12.2. The maximum absolute atomic E-state index is 12.2. The Balaban J connectivity index is 0.00000162. The number of amides is 2. The zero-order chi connectivity index (χ0) is 12.3. The van der Waals surface area contributed by atoms with Crippen molar-refractivity contribution in [3.63, 3.8) is 0 Å². The van der Waals surface area contributed by atoms with Crippen LogP contribution in [0.1, 0.15) is 12.8 Å². The van der Waals surface area contributed by atoms with Gasteiger partial charge >= 0.3 is 0 Å². The number of rotatable bonds is 2. The number of hydrogen-bond donors (Lipinski definition) is 2. The molecule has 2 rings (SSSR count). The molecule has 2 atom stereocenters. The molecule has 2 unspecified atom stereocenters. The van der Waals surface area contributed by atoms with E-state index in [1.165, 1.54) is 0 Å². The zero-order valence-electron chi connectivity index (χ0n) is 10.3. The van der Waals surface area contributed by atoms with Crippen LogP contribution in [0.2, 0.25) is 0 Å². The van der Waals surface area contributed by atoms with Gasteiger partial charge in [-0.3, -0.25) is 9.59 Å². The predicted octanol–water partition coefficient (Wildman–Crippen LogP) is -0.879. The highest BCUT2D eigenvalue weighted by Crippen LogP contribution is 2.17. The van der Waals surface area contributed by atoms with Gasteiger partial charge in [-0.2, -0.15) is 0 Å². The molecule has 0 radical (unpaired) electrons. The van der Waals surface area contributed by atoms with Crippen LogP contribution in [0.3, 0.4) is 0 Å². The number of hydrogen-bond acceptors (Lipinski definition) is 4. The number of carbonyl (C=O) groups excluding carboxylic acids is 2. The summed E-state index contributed by atoms with van der Waals surface area (Å²) in [5.41, 5.74) is 5.29. The van der Waals surface area contributed by atoms with Gasteiger partial charge in [0.2, 0.25) is 11.8 Å². The van der Waals surface area contributed by atoms with Crippen LogP contribution in [0.15, 0.2) is 0 Å². The van der Waals surface area contributed by atoms with E-state index in [2.05, 4.69) is 5.32 Å². The van der Waals surface area contributed by atoms with Crippen molar-refractivity contribution in [2.75, 3.05) is 32.8 Å². The van der Waals surface area contributed by atoms with Crippen LogP contribution in [-0.2, 0) is 14.3 Å². The van der Waals surface area contributed by atoms with Crippen LogP contribution in [0.25, 0.3) is 0 Å². The van der Waals surface area contributed by atoms with Gasteiger partial charge in [0.15, 0.2) is 0 Å². The Morgan fingerprint density at radius 3 is 2.78 bits per heavy atom. The maximum Gasteiger partial charge on any atom is 0.242 e. The Hall–Kier alpha value is -0.850. The molecule has 2 fully saturated rings. The molecule has 0 saturated carbocycles. The molecular weight excluding hydrogens is 258 g/mol. The van der Waals surface area contributed by atoms with Crippen molar-refractivity contribution >= 4 is 24.2 Å². The van der Waals surface area contributed by atoms with Gasteiger partial charge in [-0.15, -0.1) is 12.4 Å². The van der Waals surface area contributed by atoms with Crippen molar-refractivity contribution < 1.29 is 14.3 Å². The second-order valence-corrected chi connectivity index (χ2v) is 4.61. The van der Waals surface area contributed by atoms with E-state index in [-0.39, 0.29) is 36.2 Å². The summed E-state index contributed by atoms with van der Waals surface area (Å²) in [5.74, 6) is -0.483. The van der Waals surface area contributed by atoms with Crippen molar-refractivity contribution in [1.82, 2.24) is 10.2 Å². The molecule has 104 valence electrons. The van der Waals surface area contributed by atoms with Crippen molar-refractivity contribution in [3.8, 4) is 0 Å². The predicted molar refractivity (Wildman–Crippen MR) is 68.4 cm³/mol. The highest BCUT2D eigenvalue weighted by Gasteiger charge is 2.31. The second kappa shape index (κ2) is 6.92. The molecule has 2 saturated heterocycles. The normalized spacial score (nSPS) is 28.3. The third-order valence-electron chi connectivity index (χ3n) is 3.36. The fourth-order valence-corrected chi connectivity index (χ4v) is 2.35. The Morgan fingerprint density at radius 2 is 2.17 bits per heavy atom. The highest BCUT2D eigenvalue weighted by molar-refractivity contribution is 5.85. The Bertz CT molecular complexity index is 308. The lowest BCUT2D eigenvalue weighted by molar-refractivity contribution is -0.139. The fourth-order valence-electron chi connectivity index (χ4n) is 2.35. The molecule has 0 bridgehead atoms. The molecule has 7 heteroatoms. The first-order valence-electron chi connectivity index (χ1n) is 6.07. The van der Waals surface area contributed by atoms with Crippen LogP contribution < -0.4 is 11.1 Å². The van der Waals surface area contributed by atoms with Crippen LogP contribution in [-0.4, -0.2) is 55.6 Å². The quantitative estimate of drug-likeness (QED) is 0.687. The van der Waals surface area contributed by atoms with E-state index in [0.717, 1.165) is 12.8 Å². The average Bonchev–Trinajstić information content (AvgIpc) is 2.39. The molecule has 0 spiro atoms. The number of primary amides is 1. The lowest BCUT2D eigenvalue weighted by Crippen LogP contribution is -2.55. The number of carbonyl (C=O) groups is 2. The zero-order valence-corrected chi connectivity index (χ0v) is 11.1. The standard InChI is InChI=1S/C11H19N3O3.ClH/c12-10(15)8-2-1-4-14(6-8)11(16)9-7-17-5-3-13-9;/h8-9,13H,1-7H2,(H2,12,15);1H. The molecule has 0 aromatic carbocycles. The number of nitrogens with one attached hydrogen (secondary N) is 1. The number of ether oxygens (including phenoxy) is 1. The monoisotopic (exact) mass is 277 g/mol. The SMILES string of the molecule is Cl.NC(=O)C1CCCN(C(=O)C2COCCN2)C1. The van der Waals surface area contributed by atoms with E-state index < -0.39 is 0 Å². The Morgan fingerprint density at radius 1 is 1.39 bits per heavy atom. The van der Waals surface area contributed by atoms with Crippen molar-refractivity contribution in [3.05, 3.63) is 0 Å². The van der Waals surface area contributed by atoms with Gasteiger partial charge in [0.25, 0.3) is 0 Å². The first kappa shape index (κ1) is 15.2. The summed E-state index contributed by atoms with van der Waals surface area (Å²) in [6.45, 7) is 2.92. The summed E-state index contributed by atoms with van der Waals surface area (Å²) in [7, 11) is 0. The molecule has 0 aromatic rings. The fraction of sp³-hybridized carbons (Fsp3) is 0.818. The lowest BCUT2D eigenvalue weighted by Gasteiger charge is -2.35. The first-order valence-corrected chi connectivity index (χ1v) is 6.07. The molecule has 2 aliphatic heterocycles. The number of halogens is 1. The van der Waals surface area contributed by atoms with Crippen LogP contribution in [0.5, 0.6) is 0 Å². The van der Waals surface area contributed by atoms with Gasteiger partial charge in [0.05, 0.1) is 19.1 Å². The molecule has 0 aromatic heterocycles. The van der Waals surface area contributed by atoms with Crippen LogP contribution in [0.4, 0.5) is 0 Å². The van der Waals surface area contributed by atoms with E-state index >= 15 is 0 Å². The minimum Gasteiger partial charge on any atom is -0.378 e. The van der Waals surface area contributed by atoms with Gasteiger partial charge in [0.1, 0.15) is 6.04 Å². The van der Waals surface area contributed by atoms with E-state index in [1.807, 2.05) is 0 Å². The van der Waals surface area contributed by atoms with Gasteiger partial charge in [-0.1, -0.05) is 0 Å². The van der Waals surface area contributed by atoms with Crippen LogP contribution in [0, 0.1) is 5.92 Å². The minimum atomic E-state index is -0.310. The summed E-state index contributed by atoms with van der Waals surface area (Å²) in [4.78, 5) is 25.0. The molecule has 3 N–H and O–H groups in total. The molecular formula is C11H20ClN3O3. The van der Waals surface area contributed by atoms with Gasteiger partial charge in [-0.25, -0.2) is 0 Å². The highest BCUT2D eigenvalue weighted by atomic mass is 35.5. The lowest BCUT2D eigenvalue weighted by atomic mass is 9.97. The molecule has 6 nitrogen and oxygen atoms in total. The third kappa shape index (κ3) is 3.57. The number of nitrogens with zero attached hydrogens (tertiary/aromatic N) is 1. The van der Waals surface area contributed by atoms with E-state index in [0.29, 0.717) is 32.8 Å². The molecule has 2 heterocycles. The van der Waals surface area contributed by atoms with Gasteiger partial charge in [-0.05, 0) is 12.8 Å². The van der Waals surface area contributed by atoms with Crippen LogP contribution >= 0.6 is 12.4 Å². The summed E-state index contributed by atoms with van der Waals surface area (Å²) in [6.07, 6.45) is 1.63. The minimum absolute atomic E-state index is 0. The Labute approximate surface area is 113 Å². The second-order valence-electron chi connectivity index (χ2n) is 4.61. The van der Waals surface area contributed by atoms with E-state index in [9.17, 15) is 9.59 Å². The van der Waals surface area contributed by atoms with Crippen molar-refractivity contribution in [1.29, 1.82) is 0 Å². The number of nitrogens with two attached hydrogens (primary N) is 1. The number of piperidine rings is 1. The summed E-state index contributed by atoms with van der Waals surface area (Å²) >= 11 is 0. The summed E-state index contributed by atoms with van der Waals surface area (Å²) in [5, 5.41) is 3.13. The molecule has 0 aliphatic carbocycles. The van der Waals surface area contributed by atoms with Crippen molar-refractivity contribution in [2.45, 2.75) is 18.9 Å². The first-order chi connectivity index (χ1) is 8.18. The molecule has 2 amide bonds. The number of morpholine rings is 1. The van der Waals surface area contributed by atoms with Gasteiger partial charge in [0, 0.05) is 19.6 Å². The topological polar surface area (TPSA) is 84.7 Å². The third-order valence-corrected chi connectivity index (χ3v) is 3.36. The van der Waals surface area contributed by atoms with E-state index in [1.54, 1.807) is 4.90 Å². The molecule has 2 aliphatic rings. The Kier molecular flexibility index (Phi) is 5.84. The smallest absolute Gasteiger partial charge is 0.242 e. The summed E-state index contributed by atoms with van der Waals surface area (Å²) < 4.78 is 5.27. The van der Waals surface area contributed by atoms with E-state index in [4.69, 9.17) is 10.5 Å². The number of likely N-dealkylation sites (tertiary alicyclic amines) is 1. The average molecular weight is 278 g/mol. The van der Waals surface area contributed by atoms with Crippen molar-refractivity contribution in [2.24, 2.45) is 11.7 Å². The van der Waals surface area contributed by atoms with Gasteiger partial charge < -0.3 is 20.7 Å². The largest absolute Gasteiger partial charge is 0.378 e. The molecule has 18 heavy (non-hydrogen) atoms.